The van der Waals surface area contributed by atoms with Gasteiger partial charge in [0.2, 0.25) is 0 Å². The van der Waals surface area contributed by atoms with Gasteiger partial charge in [0.1, 0.15) is 0 Å². The van der Waals surface area contributed by atoms with E-state index in [-0.39, 0.29) is 31.1 Å². The monoisotopic (exact) mass is 246 g/mol. The number of aliphatic carboxylic acids is 1. The Kier molecular flexibility index (Phi) is 7.29. The molecule has 6 nitrogen and oxygen atoms in total. The van der Waals surface area contributed by atoms with Crippen molar-refractivity contribution in [3.8, 4) is 0 Å². The van der Waals surface area contributed by atoms with E-state index in [0.717, 1.165) is 6.42 Å². The highest BCUT2D eigenvalue weighted by Gasteiger charge is 2.19. The fourth-order valence-corrected chi connectivity index (χ4v) is 1.38. The molecule has 100 valence electrons. The van der Waals surface area contributed by atoms with Crippen LogP contribution in [0, 0.1) is 0 Å². The van der Waals surface area contributed by atoms with Crippen molar-refractivity contribution in [2.75, 3.05) is 13.7 Å². The van der Waals surface area contributed by atoms with Gasteiger partial charge in [-0.25, -0.2) is 4.79 Å². The van der Waals surface area contributed by atoms with Gasteiger partial charge in [0.05, 0.1) is 19.1 Å². The van der Waals surface area contributed by atoms with E-state index >= 15 is 0 Å². The Balaban J connectivity index is 4.33. The number of carbonyl (C=O) groups excluding carboxylic acids is 1. The van der Waals surface area contributed by atoms with Crippen LogP contribution in [-0.2, 0) is 4.79 Å². The first kappa shape index (κ1) is 15.7. The Labute approximate surface area is 102 Å². The molecule has 2 amide bonds. The number of hydrogen-bond acceptors (Lipinski definition) is 3. The fourth-order valence-electron chi connectivity index (χ4n) is 1.38. The summed E-state index contributed by atoms with van der Waals surface area (Å²) in [6.45, 7) is 3.52. The number of nitrogens with one attached hydrogen (secondary N) is 1. The summed E-state index contributed by atoms with van der Waals surface area (Å²) in [5.74, 6) is -0.929. The first-order valence-corrected chi connectivity index (χ1v) is 5.78. The van der Waals surface area contributed by atoms with Gasteiger partial charge >= 0.3 is 12.0 Å². The van der Waals surface area contributed by atoms with Crippen LogP contribution >= 0.6 is 0 Å². The molecule has 0 aliphatic carbocycles. The highest BCUT2D eigenvalue weighted by Crippen LogP contribution is 2.04. The Morgan fingerprint density at radius 3 is 2.41 bits per heavy atom. The summed E-state index contributed by atoms with van der Waals surface area (Å²) in [6.07, 6.45) is 1.35. The number of likely N-dealkylation sites (N-methyl/N-ethyl adjacent to an activating group) is 1. The van der Waals surface area contributed by atoms with Crippen LogP contribution < -0.4 is 5.32 Å². The molecular formula is C11H22N2O4. The second-order valence-electron chi connectivity index (χ2n) is 4.18. The first-order valence-electron chi connectivity index (χ1n) is 5.78. The molecular weight excluding hydrogens is 224 g/mol. The smallest absolute Gasteiger partial charge is 0.317 e. The molecule has 0 heterocycles. The number of carboxylic acids is 1. The molecule has 0 aromatic rings. The van der Waals surface area contributed by atoms with Crippen LogP contribution in [0.4, 0.5) is 4.79 Å². The van der Waals surface area contributed by atoms with Gasteiger partial charge in [-0.3, -0.25) is 4.79 Å². The lowest BCUT2D eigenvalue weighted by atomic mass is 10.1. The molecule has 0 aliphatic rings. The van der Waals surface area contributed by atoms with Gasteiger partial charge in [0, 0.05) is 13.1 Å². The van der Waals surface area contributed by atoms with E-state index in [9.17, 15) is 9.59 Å². The summed E-state index contributed by atoms with van der Waals surface area (Å²) in [5.41, 5.74) is 0. The number of rotatable bonds is 7. The number of carboxylic acid groups (broad SMARTS) is 1. The van der Waals surface area contributed by atoms with Crippen LogP contribution in [0.25, 0.3) is 0 Å². The minimum atomic E-state index is -0.929. The quantitative estimate of drug-likeness (QED) is 0.615. The molecule has 3 N–H and O–H groups in total. The van der Waals surface area contributed by atoms with Gasteiger partial charge in [-0.15, -0.1) is 0 Å². The molecule has 2 unspecified atom stereocenters. The minimum absolute atomic E-state index is 0.0824. The zero-order chi connectivity index (χ0) is 13.4. The van der Waals surface area contributed by atoms with E-state index in [1.165, 1.54) is 4.90 Å². The lowest BCUT2D eigenvalue weighted by molar-refractivity contribution is -0.137. The molecule has 0 radical (unpaired) electrons. The molecule has 2 atom stereocenters. The van der Waals surface area contributed by atoms with Crippen molar-refractivity contribution < 1.29 is 19.8 Å². The standard InChI is InChI=1S/C11H22N2O4/c1-4-5-9(6-10(15)16)12-11(17)13(3)8(2)7-14/h8-9,14H,4-7H2,1-3H3,(H,12,17)(H,15,16). The van der Waals surface area contributed by atoms with E-state index in [4.69, 9.17) is 10.2 Å². The maximum Gasteiger partial charge on any atom is 0.317 e. The highest BCUT2D eigenvalue weighted by atomic mass is 16.4. The van der Waals surface area contributed by atoms with Crippen LogP contribution in [0.3, 0.4) is 0 Å². The van der Waals surface area contributed by atoms with Crippen molar-refractivity contribution in [3.63, 3.8) is 0 Å². The Bertz CT molecular complexity index is 258. The summed E-state index contributed by atoms with van der Waals surface area (Å²) in [5, 5.41) is 20.3. The first-order chi connectivity index (χ1) is 7.92. The SMILES string of the molecule is CCCC(CC(=O)O)NC(=O)N(C)C(C)CO. The van der Waals surface area contributed by atoms with E-state index < -0.39 is 5.97 Å². The molecule has 0 saturated carbocycles. The molecule has 0 aromatic heterocycles. The third kappa shape index (κ3) is 6.11. The van der Waals surface area contributed by atoms with Crippen LogP contribution in [0.2, 0.25) is 0 Å². The fraction of sp³-hybridized carbons (Fsp3) is 0.818. The van der Waals surface area contributed by atoms with Crippen LogP contribution in [0.5, 0.6) is 0 Å². The topological polar surface area (TPSA) is 89.9 Å². The molecule has 0 saturated heterocycles. The second-order valence-corrected chi connectivity index (χ2v) is 4.18. The third-order valence-corrected chi connectivity index (χ3v) is 2.63. The van der Waals surface area contributed by atoms with Crippen molar-refractivity contribution in [1.29, 1.82) is 0 Å². The van der Waals surface area contributed by atoms with Crippen molar-refractivity contribution in [3.05, 3.63) is 0 Å². The minimum Gasteiger partial charge on any atom is -0.481 e. The lowest BCUT2D eigenvalue weighted by Gasteiger charge is -2.26. The van der Waals surface area contributed by atoms with Gasteiger partial charge in [0.25, 0.3) is 0 Å². The number of urea groups is 1. The van der Waals surface area contributed by atoms with Crippen LogP contribution in [-0.4, -0.2) is 52.9 Å². The zero-order valence-corrected chi connectivity index (χ0v) is 10.6. The summed E-state index contributed by atoms with van der Waals surface area (Å²) < 4.78 is 0. The Hall–Kier alpha value is -1.30. The molecule has 0 aliphatic heterocycles. The molecule has 0 bridgehead atoms. The molecule has 17 heavy (non-hydrogen) atoms. The summed E-state index contributed by atoms with van der Waals surface area (Å²) >= 11 is 0. The number of nitrogens with zero attached hydrogens (tertiary/aromatic N) is 1. The zero-order valence-electron chi connectivity index (χ0n) is 10.6. The number of hydrogen-bond donors (Lipinski definition) is 3. The van der Waals surface area contributed by atoms with Gasteiger partial charge in [-0.05, 0) is 13.3 Å². The molecule has 0 rings (SSSR count). The highest BCUT2D eigenvalue weighted by molar-refractivity contribution is 5.76. The van der Waals surface area contributed by atoms with E-state index in [2.05, 4.69) is 5.32 Å². The van der Waals surface area contributed by atoms with Crippen molar-refractivity contribution in [1.82, 2.24) is 10.2 Å². The van der Waals surface area contributed by atoms with Crippen molar-refractivity contribution in [2.24, 2.45) is 0 Å². The maximum absolute atomic E-state index is 11.7. The summed E-state index contributed by atoms with van der Waals surface area (Å²) in [7, 11) is 1.57. The molecule has 0 spiro atoms. The predicted octanol–water partition coefficient (Wildman–Crippen LogP) is 0.652. The average molecular weight is 246 g/mol. The Morgan fingerprint density at radius 2 is 2.00 bits per heavy atom. The molecule has 0 fully saturated rings. The van der Waals surface area contributed by atoms with Crippen molar-refractivity contribution in [2.45, 2.75) is 45.2 Å². The normalized spacial score (nSPS) is 13.9. The van der Waals surface area contributed by atoms with Crippen LogP contribution in [0.1, 0.15) is 33.1 Å². The summed E-state index contributed by atoms with van der Waals surface area (Å²) in [4.78, 5) is 23.7. The van der Waals surface area contributed by atoms with Gasteiger partial charge in [-0.2, -0.15) is 0 Å². The average Bonchev–Trinajstić information content (AvgIpc) is 2.26. The van der Waals surface area contributed by atoms with Gasteiger partial charge < -0.3 is 20.4 Å². The number of aliphatic hydroxyl groups is 1. The maximum atomic E-state index is 11.7. The predicted molar refractivity (Wildman–Crippen MR) is 63.8 cm³/mol. The second kappa shape index (κ2) is 7.89. The number of aliphatic hydroxyl groups excluding tert-OH is 1. The lowest BCUT2D eigenvalue weighted by Crippen LogP contribution is -2.48. The number of carbonyl (C=O) groups is 2. The van der Waals surface area contributed by atoms with E-state index in [0.29, 0.717) is 6.42 Å². The van der Waals surface area contributed by atoms with E-state index in [1.54, 1.807) is 14.0 Å². The molecule has 0 aromatic carbocycles. The third-order valence-electron chi connectivity index (χ3n) is 2.63. The van der Waals surface area contributed by atoms with Crippen LogP contribution in [0.15, 0.2) is 0 Å². The van der Waals surface area contributed by atoms with E-state index in [1.807, 2.05) is 6.92 Å². The van der Waals surface area contributed by atoms with Gasteiger partial charge in [0.15, 0.2) is 0 Å². The number of amides is 2. The van der Waals surface area contributed by atoms with Crippen molar-refractivity contribution >= 4 is 12.0 Å². The summed E-state index contributed by atoms with van der Waals surface area (Å²) in [6, 6.07) is -1.01. The Morgan fingerprint density at radius 1 is 1.41 bits per heavy atom. The molecule has 6 heteroatoms. The van der Waals surface area contributed by atoms with Gasteiger partial charge in [-0.1, -0.05) is 13.3 Å². The largest absolute Gasteiger partial charge is 0.481 e.